The Morgan fingerprint density at radius 2 is 1.84 bits per heavy atom. The third kappa shape index (κ3) is 5.47. The summed E-state index contributed by atoms with van der Waals surface area (Å²) in [6, 6.07) is 20.3. The normalized spacial score (nSPS) is 17.0. The number of likely N-dealkylation sites (tertiary alicyclic amines) is 1. The van der Waals surface area contributed by atoms with E-state index in [1.807, 2.05) is 7.05 Å². The Labute approximate surface area is 186 Å². The van der Waals surface area contributed by atoms with E-state index in [0.717, 1.165) is 51.3 Å². The molecule has 164 valence electrons. The topological polar surface area (TPSA) is 55.5 Å². The first kappa shape index (κ1) is 21.4. The van der Waals surface area contributed by atoms with Crippen LogP contribution in [0.15, 0.2) is 65.8 Å². The zero-order valence-corrected chi connectivity index (χ0v) is 18.8. The molecule has 0 bridgehead atoms. The maximum atomic E-state index is 4.44. The fraction of sp³-hybridized carbons (Fsp3) is 0.423. The van der Waals surface area contributed by atoms with Gasteiger partial charge in [0.15, 0.2) is 5.96 Å². The molecule has 0 saturated carbocycles. The molecule has 1 aliphatic heterocycles. The third-order valence-electron chi connectivity index (χ3n) is 6.51. The highest BCUT2D eigenvalue weighted by molar-refractivity contribution is 5.83. The number of H-pyrrole nitrogens is 1. The smallest absolute Gasteiger partial charge is 0.191 e. The number of nitrogens with zero attached hydrogens (tertiary/aromatic N) is 2. The van der Waals surface area contributed by atoms with E-state index in [1.165, 1.54) is 22.0 Å². The van der Waals surface area contributed by atoms with Gasteiger partial charge in [-0.1, -0.05) is 48.5 Å². The predicted molar refractivity (Wildman–Crippen MR) is 131 cm³/mol. The van der Waals surface area contributed by atoms with E-state index in [-0.39, 0.29) is 0 Å². The second kappa shape index (κ2) is 10.5. The molecule has 5 nitrogen and oxygen atoms in total. The van der Waals surface area contributed by atoms with Crippen molar-refractivity contribution in [1.82, 2.24) is 20.5 Å². The Morgan fingerprint density at radius 3 is 2.61 bits per heavy atom. The fourth-order valence-corrected chi connectivity index (χ4v) is 4.59. The van der Waals surface area contributed by atoms with Crippen LogP contribution < -0.4 is 10.6 Å². The van der Waals surface area contributed by atoms with Crippen LogP contribution in [0.5, 0.6) is 0 Å². The van der Waals surface area contributed by atoms with E-state index in [9.17, 15) is 0 Å². The van der Waals surface area contributed by atoms with Gasteiger partial charge in [0, 0.05) is 55.9 Å². The Hall–Kier alpha value is -2.79. The molecule has 1 unspecified atom stereocenters. The molecule has 4 rings (SSSR count). The van der Waals surface area contributed by atoms with Crippen molar-refractivity contribution in [2.24, 2.45) is 4.99 Å². The van der Waals surface area contributed by atoms with Crippen LogP contribution >= 0.6 is 0 Å². The average Bonchev–Trinajstić information content (AvgIpc) is 3.24. The zero-order chi connectivity index (χ0) is 21.5. The Bertz CT molecular complexity index is 970. The summed E-state index contributed by atoms with van der Waals surface area (Å²) in [5.74, 6) is 0.925. The van der Waals surface area contributed by atoms with Gasteiger partial charge in [-0.2, -0.15) is 0 Å². The van der Waals surface area contributed by atoms with E-state index in [2.05, 4.69) is 93.2 Å². The number of fused-ring (bicyclic) bond motifs is 1. The van der Waals surface area contributed by atoms with Crippen LogP contribution in [0.2, 0.25) is 0 Å². The van der Waals surface area contributed by atoms with Gasteiger partial charge in [-0.05, 0) is 49.8 Å². The van der Waals surface area contributed by atoms with Gasteiger partial charge in [0.2, 0.25) is 0 Å². The summed E-state index contributed by atoms with van der Waals surface area (Å²) in [6.07, 6.45) is 6.57. The molecule has 1 saturated heterocycles. The van der Waals surface area contributed by atoms with E-state index in [4.69, 9.17) is 0 Å². The van der Waals surface area contributed by atoms with Gasteiger partial charge in [0.1, 0.15) is 0 Å². The number of rotatable bonds is 7. The number of para-hydroxylation sites is 1. The van der Waals surface area contributed by atoms with Gasteiger partial charge in [-0.25, -0.2) is 0 Å². The number of piperidine rings is 1. The number of benzene rings is 2. The number of aryl methyl sites for hydroxylation is 1. The first-order chi connectivity index (χ1) is 15.2. The SMILES string of the molecule is CN=C(NCCCc1c[nH]c2ccccc12)NC1CCN(C(C)c2ccccc2)CC1. The molecule has 3 N–H and O–H groups in total. The first-order valence-electron chi connectivity index (χ1n) is 11.6. The highest BCUT2D eigenvalue weighted by atomic mass is 15.2. The molecule has 0 amide bonds. The zero-order valence-electron chi connectivity index (χ0n) is 18.8. The number of aromatic amines is 1. The lowest BCUT2D eigenvalue weighted by molar-refractivity contribution is 0.158. The maximum absolute atomic E-state index is 4.44. The van der Waals surface area contributed by atoms with Crippen LogP contribution in [0.25, 0.3) is 10.9 Å². The quantitative estimate of drug-likeness (QED) is 0.302. The fourth-order valence-electron chi connectivity index (χ4n) is 4.59. The first-order valence-corrected chi connectivity index (χ1v) is 11.6. The van der Waals surface area contributed by atoms with E-state index in [0.29, 0.717) is 12.1 Å². The molecule has 2 heterocycles. The molecule has 3 aromatic rings. The molecule has 1 atom stereocenters. The summed E-state index contributed by atoms with van der Waals surface area (Å²) in [5, 5.41) is 8.47. The molecule has 0 aliphatic carbocycles. The largest absolute Gasteiger partial charge is 0.361 e. The van der Waals surface area contributed by atoms with Crippen LogP contribution in [0, 0.1) is 0 Å². The molecule has 1 fully saturated rings. The summed E-state index contributed by atoms with van der Waals surface area (Å²) in [5.41, 5.74) is 4.01. The Balaban J connectivity index is 1.18. The van der Waals surface area contributed by atoms with E-state index >= 15 is 0 Å². The predicted octanol–water partition coefficient (Wildman–Crippen LogP) is 4.49. The second-order valence-electron chi connectivity index (χ2n) is 8.50. The van der Waals surface area contributed by atoms with Crippen molar-refractivity contribution in [2.45, 2.75) is 44.7 Å². The number of hydrogen-bond donors (Lipinski definition) is 3. The molecule has 2 aromatic carbocycles. The number of aliphatic imine (C=N–C) groups is 1. The van der Waals surface area contributed by atoms with Crippen LogP contribution in [0.3, 0.4) is 0 Å². The van der Waals surface area contributed by atoms with Crippen LogP contribution in [-0.4, -0.2) is 48.6 Å². The van der Waals surface area contributed by atoms with Crippen molar-refractivity contribution >= 4 is 16.9 Å². The molecular weight excluding hydrogens is 382 g/mol. The molecule has 0 spiro atoms. The van der Waals surface area contributed by atoms with Gasteiger partial charge >= 0.3 is 0 Å². The molecule has 5 heteroatoms. The molecule has 0 radical (unpaired) electrons. The highest BCUT2D eigenvalue weighted by Crippen LogP contribution is 2.24. The average molecular weight is 418 g/mol. The monoisotopic (exact) mass is 417 g/mol. The molecule has 1 aliphatic rings. The summed E-state index contributed by atoms with van der Waals surface area (Å²) in [4.78, 5) is 10.4. The standard InChI is InChI=1S/C26H35N5/c1-20(21-9-4-3-5-10-21)31-17-14-23(15-18-31)30-26(27-2)28-16-8-11-22-19-29-25-13-7-6-12-24(22)25/h3-7,9-10,12-13,19-20,23,29H,8,11,14-18H2,1-2H3,(H2,27,28,30). The van der Waals surface area contributed by atoms with Crippen LogP contribution in [0.4, 0.5) is 0 Å². The van der Waals surface area contributed by atoms with Gasteiger partial charge in [0.25, 0.3) is 0 Å². The number of nitrogens with one attached hydrogen (secondary N) is 3. The highest BCUT2D eigenvalue weighted by Gasteiger charge is 2.23. The van der Waals surface area contributed by atoms with Gasteiger partial charge in [0.05, 0.1) is 0 Å². The maximum Gasteiger partial charge on any atom is 0.191 e. The molecular formula is C26H35N5. The molecule has 31 heavy (non-hydrogen) atoms. The summed E-state index contributed by atoms with van der Waals surface area (Å²) in [7, 11) is 1.86. The van der Waals surface area contributed by atoms with Crippen LogP contribution in [0.1, 0.15) is 43.4 Å². The number of hydrogen-bond acceptors (Lipinski definition) is 2. The van der Waals surface area contributed by atoms with Crippen molar-refractivity contribution in [1.29, 1.82) is 0 Å². The minimum atomic E-state index is 0.476. The van der Waals surface area contributed by atoms with Crippen molar-refractivity contribution in [3.63, 3.8) is 0 Å². The van der Waals surface area contributed by atoms with Gasteiger partial charge in [-0.3, -0.25) is 9.89 Å². The van der Waals surface area contributed by atoms with Crippen molar-refractivity contribution in [3.05, 3.63) is 71.9 Å². The van der Waals surface area contributed by atoms with Crippen molar-refractivity contribution < 1.29 is 0 Å². The lowest BCUT2D eigenvalue weighted by Gasteiger charge is -2.37. The summed E-state index contributed by atoms with van der Waals surface area (Å²) < 4.78 is 0. The van der Waals surface area contributed by atoms with Crippen molar-refractivity contribution in [2.75, 3.05) is 26.7 Å². The van der Waals surface area contributed by atoms with Crippen molar-refractivity contribution in [3.8, 4) is 0 Å². The minimum Gasteiger partial charge on any atom is -0.361 e. The molecule has 1 aromatic heterocycles. The van der Waals surface area contributed by atoms with Crippen LogP contribution in [-0.2, 0) is 6.42 Å². The van der Waals surface area contributed by atoms with E-state index in [1.54, 1.807) is 0 Å². The lowest BCUT2D eigenvalue weighted by atomic mass is 10.0. The van der Waals surface area contributed by atoms with Gasteiger partial charge < -0.3 is 15.6 Å². The summed E-state index contributed by atoms with van der Waals surface area (Å²) in [6.45, 7) is 5.47. The Morgan fingerprint density at radius 1 is 1.10 bits per heavy atom. The summed E-state index contributed by atoms with van der Waals surface area (Å²) >= 11 is 0. The third-order valence-corrected chi connectivity index (χ3v) is 6.51. The Kier molecular flexibility index (Phi) is 7.26. The minimum absolute atomic E-state index is 0.476. The lowest BCUT2D eigenvalue weighted by Crippen LogP contribution is -2.49. The second-order valence-corrected chi connectivity index (χ2v) is 8.50. The number of aromatic nitrogens is 1. The van der Waals surface area contributed by atoms with Gasteiger partial charge in [-0.15, -0.1) is 0 Å². The number of guanidine groups is 1. The van der Waals surface area contributed by atoms with E-state index < -0.39 is 0 Å².